The molecule has 0 amide bonds. The SMILES string of the molecule is N#Cc1cc(-n2cc(Br)cn2)ccc1N. The molecule has 1 aromatic carbocycles. The molecule has 0 aliphatic heterocycles. The molecule has 1 heterocycles. The number of hydrogen-bond acceptors (Lipinski definition) is 3. The fraction of sp³-hybridized carbons (Fsp3) is 0. The molecule has 2 N–H and O–H groups in total. The Bertz CT molecular complexity index is 539. The van der Waals surface area contributed by atoms with Gasteiger partial charge in [0.15, 0.2) is 0 Å². The van der Waals surface area contributed by atoms with Crippen LogP contribution in [0.1, 0.15) is 5.56 Å². The fourth-order valence-corrected chi connectivity index (χ4v) is 1.51. The summed E-state index contributed by atoms with van der Waals surface area (Å²) in [4.78, 5) is 0. The third kappa shape index (κ3) is 1.85. The van der Waals surface area contributed by atoms with Gasteiger partial charge in [0.2, 0.25) is 0 Å². The Morgan fingerprint density at radius 1 is 1.47 bits per heavy atom. The second-order valence-corrected chi connectivity index (χ2v) is 3.90. The van der Waals surface area contributed by atoms with Gasteiger partial charge < -0.3 is 5.73 Å². The van der Waals surface area contributed by atoms with Gasteiger partial charge in [-0.2, -0.15) is 10.4 Å². The molecule has 1 aromatic heterocycles. The predicted octanol–water partition coefficient (Wildman–Crippen LogP) is 2.09. The minimum Gasteiger partial charge on any atom is -0.398 e. The van der Waals surface area contributed by atoms with Gasteiger partial charge >= 0.3 is 0 Å². The van der Waals surface area contributed by atoms with Crippen LogP contribution in [-0.2, 0) is 0 Å². The number of hydrogen-bond donors (Lipinski definition) is 1. The minimum atomic E-state index is 0.458. The van der Waals surface area contributed by atoms with Crippen molar-refractivity contribution < 1.29 is 0 Å². The molecule has 0 saturated carbocycles. The normalized spacial score (nSPS) is 9.87. The first kappa shape index (κ1) is 9.74. The Morgan fingerprint density at radius 2 is 2.27 bits per heavy atom. The van der Waals surface area contributed by atoms with E-state index in [0.717, 1.165) is 10.2 Å². The second-order valence-electron chi connectivity index (χ2n) is 2.99. The third-order valence-electron chi connectivity index (χ3n) is 1.97. The van der Waals surface area contributed by atoms with E-state index in [4.69, 9.17) is 11.0 Å². The summed E-state index contributed by atoms with van der Waals surface area (Å²) in [7, 11) is 0. The van der Waals surface area contributed by atoms with Gasteiger partial charge in [0.25, 0.3) is 0 Å². The molecule has 4 nitrogen and oxygen atoms in total. The number of nitrogen functional groups attached to an aromatic ring is 1. The summed E-state index contributed by atoms with van der Waals surface area (Å²) in [6.07, 6.45) is 3.50. The van der Waals surface area contributed by atoms with E-state index in [9.17, 15) is 0 Å². The van der Waals surface area contributed by atoms with Crippen LogP contribution in [0.15, 0.2) is 35.1 Å². The summed E-state index contributed by atoms with van der Waals surface area (Å²) >= 11 is 3.31. The van der Waals surface area contributed by atoms with E-state index in [1.807, 2.05) is 18.3 Å². The Morgan fingerprint density at radius 3 is 2.87 bits per heavy atom. The van der Waals surface area contributed by atoms with Crippen molar-refractivity contribution in [2.45, 2.75) is 0 Å². The molecule has 0 radical (unpaired) electrons. The molecule has 15 heavy (non-hydrogen) atoms. The van der Waals surface area contributed by atoms with Crippen LogP contribution < -0.4 is 5.73 Å². The van der Waals surface area contributed by atoms with Crippen molar-refractivity contribution in [2.24, 2.45) is 0 Å². The number of nitrogens with two attached hydrogens (primary N) is 1. The van der Waals surface area contributed by atoms with Crippen LogP contribution in [0.3, 0.4) is 0 Å². The highest BCUT2D eigenvalue weighted by Crippen LogP contribution is 2.17. The Labute approximate surface area is 95.1 Å². The molecule has 0 aliphatic carbocycles. The first-order valence-corrected chi connectivity index (χ1v) is 5.00. The summed E-state index contributed by atoms with van der Waals surface area (Å²) in [5, 5.41) is 12.9. The summed E-state index contributed by atoms with van der Waals surface area (Å²) in [5.41, 5.74) is 7.37. The van der Waals surface area contributed by atoms with Gasteiger partial charge in [0.1, 0.15) is 6.07 Å². The Balaban J connectivity index is 2.51. The molecule has 74 valence electrons. The van der Waals surface area contributed by atoms with Gasteiger partial charge in [0, 0.05) is 11.9 Å². The lowest BCUT2D eigenvalue weighted by molar-refractivity contribution is 0.880. The van der Waals surface area contributed by atoms with Gasteiger partial charge in [0.05, 0.1) is 21.9 Å². The van der Waals surface area contributed by atoms with E-state index in [2.05, 4.69) is 21.0 Å². The molecule has 5 heteroatoms. The molecule has 2 rings (SSSR count). The third-order valence-corrected chi connectivity index (χ3v) is 2.38. The summed E-state index contributed by atoms with van der Waals surface area (Å²) in [6.45, 7) is 0. The smallest absolute Gasteiger partial charge is 0.101 e. The second kappa shape index (κ2) is 3.75. The van der Waals surface area contributed by atoms with Gasteiger partial charge in [-0.1, -0.05) is 0 Å². The van der Waals surface area contributed by atoms with Crippen molar-refractivity contribution in [3.8, 4) is 11.8 Å². The van der Waals surface area contributed by atoms with Gasteiger partial charge in [-0.3, -0.25) is 0 Å². The largest absolute Gasteiger partial charge is 0.398 e. The molecule has 0 unspecified atom stereocenters. The van der Waals surface area contributed by atoms with Crippen LogP contribution >= 0.6 is 15.9 Å². The van der Waals surface area contributed by atoms with E-state index < -0.39 is 0 Å². The van der Waals surface area contributed by atoms with Crippen molar-refractivity contribution in [2.75, 3.05) is 5.73 Å². The lowest BCUT2D eigenvalue weighted by atomic mass is 10.2. The topological polar surface area (TPSA) is 67.6 Å². The molecule has 0 bridgehead atoms. The highest BCUT2D eigenvalue weighted by Gasteiger charge is 2.03. The molecule has 0 spiro atoms. The molecule has 0 fully saturated rings. The molecule has 0 aliphatic rings. The number of halogens is 1. The maximum Gasteiger partial charge on any atom is 0.101 e. The lowest BCUT2D eigenvalue weighted by Gasteiger charge is -2.02. The van der Waals surface area contributed by atoms with Crippen LogP contribution in [0.5, 0.6) is 0 Å². The summed E-state index contributed by atoms with van der Waals surface area (Å²) < 4.78 is 2.56. The summed E-state index contributed by atoms with van der Waals surface area (Å²) in [6, 6.07) is 7.25. The molecule has 0 saturated heterocycles. The highest BCUT2D eigenvalue weighted by molar-refractivity contribution is 9.10. The summed E-state index contributed by atoms with van der Waals surface area (Å²) in [5.74, 6) is 0. The van der Waals surface area contributed by atoms with Crippen LogP contribution in [-0.4, -0.2) is 9.78 Å². The number of aromatic nitrogens is 2. The van der Waals surface area contributed by atoms with E-state index >= 15 is 0 Å². The van der Waals surface area contributed by atoms with Crippen molar-refractivity contribution in [1.29, 1.82) is 5.26 Å². The van der Waals surface area contributed by atoms with Crippen LogP contribution in [0.4, 0.5) is 5.69 Å². The van der Waals surface area contributed by atoms with Crippen molar-refractivity contribution >= 4 is 21.6 Å². The number of benzene rings is 1. The predicted molar refractivity (Wildman–Crippen MR) is 60.4 cm³/mol. The number of nitriles is 1. The highest BCUT2D eigenvalue weighted by atomic mass is 79.9. The molecular weight excluding hydrogens is 256 g/mol. The first-order chi connectivity index (χ1) is 7.20. The van der Waals surface area contributed by atoms with E-state index in [1.165, 1.54) is 0 Å². The average molecular weight is 263 g/mol. The van der Waals surface area contributed by atoms with Gasteiger partial charge in [-0.05, 0) is 34.1 Å². The molecule has 0 atom stereocenters. The van der Waals surface area contributed by atoms with E-state index in [-0.39, 0.29) is 0 Å². The van der Waals surface area contributed by atoms with E-state index in [1.54, 1.807) is 23.0 Å². The number of rotatable bonds is 1. The number of anilines is 1. The van der Waals surface area contributed by atoms with Gasteiger partial charge in [-0.15, -0.1) is 0 Å². The standard InChI is InChI=1S/C10H7BrN4/c11-8-5-14-15(6-8)9-1-2-10(13)7(3-9)4-12/h1-3,5-6H,13H2. The fourth-order valence-electron chi connectivity index (χ4n) is 1.23. The quantitative estimate of drug-likeness (QED) is 0.801. The zero-order valence-electron chi connectivity index (χ0n) is 7.68. The minimum absolute atomic E-state index is 0.458. The average Bonchev–Trinajstić information content (AvgIpc) is 2.66. The number of nitrogens with zero attached hydrogens (tertiary/aromatic N) is 3. The monoisotopic (exact) mass is 262 g/mol. The van der Waals surface area contributed by atoms with Crippen LogP contribution in [0, 0.1) is 11.3 Å². The zero-order chi connectivity index (χ0) is 10.8. The van der Waals surface area contributed by atoms with E-state index in [0.29, 0.717) is 11.3 Å². The van der Waals surface area contributed by atoms with Crippen molar-refractivity contribution in [3.05, 3.63) is 40.6 Å². The Hall–Kier alpha value is -1.80. The molecule has 2 aromatic rings. The maximum atomic E-state index is 8.83. The van der Waals surface area contributed by atoms with Crippen LogP contribution in [0.2, 0.25) is 0 Å². The zero-order valence-corrected chi connectivity index (χ0v) is 9.27. The van der Waals surface area contributed by atoms with Crippen molar-refractivity contribution in [1.82, 2.24) is 9.78 Å². The molecular formula is C10H7BrN4. The first-order valence-electron chi connectivity index (χ1n) is 4.21. The van der Waals surface area contributed by atoms with Crippen LogP contribution in [0.25, 0.3) is 5.69 Å². The lowest BCUT2D eigenvalue weighted by Crippen LogP contribution is -1.97. The van der Waals surface area contributed by atoms with Gasteiger partial charge in [-0.25, -0.2) is 4.68 Å². The maximum absolute atomic E-state index is 8.83. The van der Waals surface area contributed by atoms with Crippen molar-refractivity contribution in [3.63, 3.8) is 0 Å². The Kier molecular flexibility index (Phi) is 2.44.